The predicted molar refractivity (Wildman–Crippen MR) is 117 cm³/mol. The van der Waals surface area contributed by atoms with Gasteiger partial charge in [0, 0.05) is 28.2 Å². The van der Waals surface area contributed by atoms with Gasteiger partial charge in [-0.1, -0.05) is 60.7 Å². The molecule has 0 radical (unpaired) electrons. The zero-order chi connectivity index (χ0) is 21.1. The Labute approximate surface area is 179 Å². The van der Waals surface area contributed by atoms with E-state index in [0.717, 1.165) is 22.4 Å². The third-order valence-electron chi connectivity index (χ3n) is 6.12. The summed E-state index contributed by atoms with van der Waals surface area (Å²) in [6.07, 6.45) is 0. The highest BCUT2D eigenvalue weighted by atomic mass is 16.5. The lowest BCUT2D eigenvalue weighted by Crippen LogP contribution is -2.19. The van der Waals surface area contributed by atoms with Crippen molar-refractivity contribution in [1.82, 2.24) is 0 Å². The summed E-state index contributed by atoms with van der Waals surface area (Å²) in [7, 11) is 0. The van der Waals surface area contributed by atoms with E-state index in [2.05, 4.69) is 0 Å². The standard InChI is InChI=1S/C27H18O4/c1-2-30-16-13-11-15(12-14-16)21-22-24(28)17-7-3-5-9-19(17)26(22)31-27-20-10-6-4-8-18(20)25(29)23(21)27/h3-14,21H,2H2,1H3. The van der Waals surface area contributed by atoms with E-state index in [1.165, 1.54) is 0 Å². The molecule has 0 aromatic heterocycles. The summed E-state index contributed by atoms with van der Waals surface area (Å²) in [6.45, 7) is 2.51. The van der Waals surface area contributed by atoms with Crippen molar-refractivity contribution >= 4 is 23.1 Å². The molecular weight excluding hydrogens is 388 g/mol. The highest BCUT2D eigenvalue weighted by molar-refractivity contribution is 6.27. The van der Waals surface area contributed by atoms with Gasteiger partial charge in [0.25, 0.3) is 0 Å². The Kier molecular flexibility index (Phi) is 3.78. The lowest BCUT2D eigenvalue weighted by molar-refractivity contribution is 0.102. The van der Waals surface area contributed by atoms with Gasteiger partial charge in [-0.2, -0.15) is 0 Å². The first-order valence-electron chi connectivity index (χ1n) is 10.4. The lowest BCUT2D eigenvalue weighted by Gasteiger charge is -2.26. The maximum atomic E-state index is 13.5. The second-order valence-electron chi connectivity index (χ2n) is 7.77. The van der Waals surface area contributed by atoms with Crippen molar-refractivity contribution in [3.05, 3.63) is 112 Å². The zero-order valence-electron chi connectivity index (χ0n) is 16.8. The number of carbonyl (C=O) groups excluding carboxylic acids is 2. The van der Waals surface area contributed by atoms with E-state index >= 15 is 0 Å². The Balaban J connectivity index is 1.58. The number of benzene rings is 3. The van der Waals surface area contributed by atoms with E-state index in [1.807, 2.05) is 79.7 Å². The molecular formula is C27H18O4. The third-order valence-corrected chi connectivity index (χ3v) is 6.12. The van der Waals surface area contributed by atoms with Crippen LogP contribution in [0.3, 0.4) is 0 Å². The van der Waals surface area contributed by atoms with Crippen molar-refractivity contribution in [1.29, 1.82) is 0 Å². The molecule has 2 aliphatic carbocycles. The van der Waals surface area contributed by atoms with Crippen LogP contribution in [-0.2, 0) is 4.74 Å². The van der Waals surface area contributed by atoms with Gasteiger partial charge in [0.2, 0.25) is 0 Å². The van der Waals surface area contributed by atoms with Gasteiger partial charge in [0.05, 0.1) is 17.8 Å². The summed E-state index contributed by atoms with van der Waals surface area (Å²) in [5.41, 5.74) is 4.73. The number of allylic oxidation sites excluding steroid dienone is 2. The first-order chi connectivity index (χ1) is 15.2. The smallest absolute Gasteiger partial charge is 0.194 e. The molecule has 3 aromatic rings. The molecule has 0 unspecified atom stereocenters. The molecule has 0 spiro atoms. The van der Waals surface area contributed by atoms with Gasteiger partial charge < -0.3 is 9.47 Å². The molecule has 150 valence electrons. The average Bonchev–Trinajstić information content (AvgIpc) is 3.26. The molecule has 0 amide bonds. The second kappa shape index (κ2) is 6.54. The van der Waals surface area contributed by atoms with Crippen molar-refractivity contribution in [3.8, 4) is 5.75 Å². The highest BCUT2D eigenvalue weighted by Crippen LogP contribution is 2.54. The lowest BCUT2D eigenvalue weighted by atomic mass is 9.80. The van der Waals surface area contributed by atoms with E-state index in [-0.39, 0.29) is 11.6 Å². The van der Waals surface area contributed by atoms with Crippen LogP contribution in [0.4, 0.5) is 0 Å². The number of Topliss-reactive ketones (excluding diaryl/α,β-unsaturated/α-hetero) is 2. The van der Waals surface area contributed by atoms with E-state index < -0.39 is 5.92 Å². The molecule has 0 saturated heterocycles. The Morgan fingerprint density at radius 2 is 1.19 bits per heavy atom. The molecule has 0 N–H and O–H groups in total. The second-order valence-corrected chi connectivity index (χ2v) is 7.77. The topological polar surface area (TPSA) is 52.6 Å². The summed E-state index contributed by atoms with van der Waals surface area (Å²) in [5, 5.41) is 0. The van der Waals surface area contributed by atoms with E-state index in [4.69, 9.17) is 9.47 Å². The summed E-state index contributed by atoms with van der Waals surface area (Å²) < 4.78 is 11.9. The molecule has 3 aliphatic rings. The maximum absolute atomic E-state index is 13.5. The van der Waals surface area contributed by atoms with Crippen molar-refractivity contribution in [2.45, 2.75) is 12.8 Å². The van der Waals surface area contributed by atoms with Crippen LogP contribution in [0.15, 0.2) is 83.9 Å². The minimum Gasteiger partial charge on any atom is -0.494 e. The summed E-state index contributed by atoms with van der Waals surface area (Å²) >= 11 is 0. The summed E-state index contributed by atoms with van der Waals surface area (Å²) in [6, 6.07) is 22.6. The monoisotopic (exact) mass is 406 g/mol. The van der Waals surface area contributed by atoms with Crippen LogP contribution in [0.1, 0.15) is 50.2 Å². The fraction of sp³-hybridized carbons (Fsp3) is 0.111. The van der Waals surface area contributed by atoms with Gasteiger partial charge in [-0.05, 0) is 24.6 Å². The fourth-order valence-electron chi connectivity index (χ4n) is 4.79. The van der Waals surface area contributed by atoms with Gasteiger partial charge in [0.1, 0.15) is 17.3 Å². The Bertz CT molecular complexity index is 1260. The number of fused-ring (bicyclic) bond motifs is 4. The van der Waals surface area contributed by atoms with Crippen LogP contribution in [-0.4, -0.2) is 18.2 Å². The number of hydrogen-bond acceptors (Lipinski definition) is 4. The summed E-state index contributed by atoms with van der Waals surface area (Å²) in [5.74, 6) is 1.21. The van der Waals surface area contributed by atoms with Crippen molar-refractivity contribution in [2.24, 2.45) is 0 Å². The Hall–Kier alpha value is -3.92. The first-order valence-corrected chi connectivity index (χ1v) is 10.4. The number of carbonyl (C=O) groups is 2. The first kappa shape index (κ1) is 17.9. The van der Waals surface area contributed by atoms with Crippen LogP contribution in [0.2, 0.25) is 0 Å². The molecule has 1 aliphatic heterocycles. The molecule has 0 fully saturated rings. The van der Waals surface area contributed by atoms with E-state index in [1.54, 1.807) is 0 Å². The molecule has 0 saturated carbocycles. The zero-order valence-corrected chi connectivity index (χ0v) is 16.8. The number of rotatable bonds is 3. The fourth-order valence-corrected chi connectivity index (χ4v) is 4.79. The van der Waals surface area contributed by atoms with Crippen LogP contribution in [0.5, 0.6) is 5.75 Å². The minimum absolute atomic E-state index is 0.0835. The predicted octanol–water partition coefficient (Wildman–Crippen LogP) is 5.41. The van der Waals surface area contributed by atoms with Crippen molar-refractivity contribution < 1.29 is 19.1 Å². The van der Waals surface area contributed by atoms with Crippen molar-refractivity contribution in [3.63, 3.8) is 0 Å². The van der Waals surface area contributed by atoms with Gasteiger partial charge in [0.15, 0.2) is 11.6 Å². The molecule has 0 bridgehead atoms. The Morgan fingerprint density at radius 3 is 1.68 bits per heavy atom. The van der Waals surface area contributed by atoms with Crippen LogP contribution < -0.4 is 4.74 Å². The number of ether oxygens (including phenoxy) is 2. The van der Waals surface area contributed by atoms with Gasteiger partial charge >= 0.3 is 0 Å². The van der Waals surface area contributed by atoms with Gasteiger partial charge in [-0.25, -0.2) is 0 Å². The van der Waals surface area contributed by atoms with Gasteiger partial charge in [-0.15, -0.1) is 0 Å². The van der Waals surface area contributed by atoms with Crippen LogP contribution >= 0.6 is 0 Å². The molecule has 4 nitrogen and oxygen atoms in total. The molecule has 31 heavy (non-hydrogen) atoms. The quantitative estimate of drug-likeness (QED) is 0.583. The average molecular weight is 406 g/mol. The number of ketones is 2. The molecule has 0 atom stereocenters. The van der Waals surface area contributed by atoms with Crippen LogP contribution in [0.25, 0.3) is 11.5 Å². The largest absolute Gasteiger partial charge is 0.494 e. The SMILES string of the molecule is CCOc1ccc(C2C3=C(OC4=C2C(=O)c2ccccc24)c2ccccc2C3=O)cc1. The van der Waals surface area contributed by atoms with E-state index in [0.29, 0.717) is 40.4 Å². The summed E-state index contributed by atoms with van der Waals surface area (Å²) in [4.78, 5) is 26.9. The Morgan fingerprint density at radius 1 is 0.710 bits per heavy atom. The van der Waals surface area contributed by atoms with Crippen LogP contribution in [0, 0.1) is 0 Å². The maximum Gasteiger partial charge on any atom is 0.194 e. The number of hydrogen-bond donors (Lipinski definition) is 0. The highest BCUT2D eigenvalue weighted by Gasteiger charge is 2.48. The third kappa shape index (κ3) is 2.42. The van der Waals surface area contributed by atoms with Gasteiger partial charge in [-0.3, -0.25) is 9.59 Å². The molecule has 6 rings (SSSR count). The minimum atomic E-state index is -0.491. The molecule has 3 aromatic carbocycles. The van der Waals surface area contributed by atoms with Crippen molar-refractivity contribution in [2.75, 3.05) is 6.61 Å². The molecule has 4 heteroatoms. The van der Waals surface area contributed by atoms with E-state index in [9.17, 15) is 9.59 Å². The molecule has 1 heterocycles. The normalized spacial score (nSPS) is 16.7.